The van der Waals surface area contributed by atoms with E-state index in [1.54, 1.807) is 0 Å². The van der Waals surface area contributed by atoms with Gasteiger partial charge in [0.05, 0.1) is 0 Å². The van der Waals surface area contributed by atoms with Gasteiger partial charge < -0.3 is 15.6 Å². The fourth-order valence-corrected chi connectivity index (χ4v) is 1.39. The van der Waals surface area contributed by atoms with Crippen LogP contribution in [0, 0.1) is 0 Å². The van der Waals surface area contributed by atoms with Crippen molar-refractivity contribution >= 4 is 5.97 Å². The van der Waals surface area contributed by atoms with Crippen LogP contribution < -0.4 is 10.5 Å². The van der Waals surface area contributed by atoms with Crippen LogP contribution in [0.3, 0.4) is 0 Å². The molecular weight excluding hydrogens is 218 g/mol. The van der Waals surface area contributed by atoms with Crippen molar-refractivity contribution in [2.24, 2.45) is 5.73 Å². The number of nitrogens with two attached hydrogens (primary N) is 1. The minimum Gasteiger partial charge on any atom is -0.488 e. The normalized spacial score (nSPS) is 13.2. The maximum Gasteiger partial charge on any atom is 0.320 e. The summed E-state index contributed by atoms with van der Waals surface area (Å²) in [5.41, 5.74) is 6.11. The Labute approximate surface area is 101 Å². The first-order chi connectivity index (χ1) is 7.78. The van der Waals surface area contributed by atoms with Gasteiger partial charge in [-0.3, -0.25) is 4.79 Å². The highest BCUT2D eigenvalue weighted by molar-refractivity contribution is 5.73. The number of hydrogen-bond acceptors (Lipinski definition) is 3. The molecule has 0 heterocycles. The van der Waals surface area contributed by atoms with Gasteiger partial charge in [-0.25, -0.2) is 0 Å². The highest BCUT2D eigenvalue weighted by Gasteiger charge is 2.13. The molecule has 1 aromatic rings. The summed E-state index contributed by atoms with van der Waals surface area (Å²) in [5, 5.41) is 8.70. The molecule has 94 valence electrons. The van der Waals surface area contributed by atoms with Crippen LogP contribution >= 0.6 is 0 Å². The third kappa shape index (κ3) is 4.87. The zero-order valence-electron chi connectivity index (χ0n) is 10.4. The number of rotatable bonds is 4. The Morgan fingerprint density at radius 1 is 1.35 bits per heavy atom. The topological polar surface area (TPSA) is 72.5 Å². The maximum atomic E-state index is 10.6. The van der Waals surface area contributed by atoms with E-state index >= 15 is 0 Å². The van der Waals surface area contributed by atoms with Crippen molar-refractivity contribution in [3.05, 3.63) is 29.8 Å². The lowest BCUT2D eigenvalue weighted by Crippen LogP contribution is -2.32. The molecule has 0 bridgehead atoms. The van der Waals surface area contributed by atoms with E-state index in [9.17, 15) is 4.79 Å². The minimum absolute atomic E-state index is 0.237. The van der Waals surface area contributed by atoms with Crippen molar-refractivity contribution in [2.75, 3.05) is 0 Å². The van der Waals surface area contributed by atoms with Gasteiger partial charge in [-0.15, -0.1) is 0 Å². The molecule has 4 heteroatoms. The predicted molar refractivity (Wildman–Crippen MR) is 66.1 cm³/mol. The summed E-state index contributed by atoms with van der Waals surface area (Å²) in [6, 6.07) is 6.47. The zero-order valence-corrected chi connectivity index (χ0v) is 10.4. The van der Waals surface area contributed by atoms with Crippen LogP contribution in [0.25, 0.3) is 0 Å². The Morgan fingerprint density at radius 3 is 2.29 bits per heavy atom. The van der Waals surface area contributed by atoms with Crippen molar-refractivity contribution in [2.45, 2.75) is 38.8 Å². The quantitative estimate of drug-likeness (QED) is 0.837. The molecule has 0 aliphatic carbocycles. The van der Waals surface area contributed by atoms with E-state index in [4.69, 9.17) is 15.6 Å². The summed E-state index contributed by atoms with van der Waals surface area (Å²) in [5.74, 6) is -0.217. The molecular formula is C13H19NO3. The van der Waals surface area contributed by atoms with Crippen LogP contribution in [0.1, 0.15) is 26.3 Å². The molecule has 1 rings (SSSR count). The molecule has 0 aliphatic heterocycles. The molecule has 0 amide bonds. The Balaban J connectivity index is 2.65. The molecule has 0 saturated carbocycles. The number of hydrogen-bond donors (Lipinski definition) is 2. The van der Waals surface area contributed by atoms with Crippen molar-refractivity contribution < 1.29 is 14.6 Å². The summed E-state index contributed by atoms with van der Waals surface area (Å²) in [6.45, 7) is 5.92. The molecule has 0 aromatic heterocycles. The molecule has 4 nitrogen and oxygen atoms in total. The Hall–Kier alpha value is -1.55. The van der Waals surface area contributed by atoms with Gasteiger partial charge in [-0.1, -0.05) is 12.1 Å². The average molecular weight is 237 g/mol. The fourth-order valence-electron chi connectivity index (χ4n) is 1.39. The highest BCUT2D eigenvalue weighted by atomic mass is 16.5. The first-order valence-electron chi connectivity index (χ1n) is 5.54. The molecule has 0 saturated heterocycles. The van der Waals surface area contributed by atoms with Crippen LogP contribution in [0.15, 0.2) is 24.3 Å². The van der Waals surface area contributed by atoms with Crippen LogP contribution in [0.4, 0.5) is 0 Å². The van der Waals surface area contributed by atoms with Crippen molar-refractivity contribution in [3.63, 3.8) is 0 Å². The molecule has 0 aliphatic rings. The number of carboxylic acid groups (broad SMARTS) is 1. The van der Waals surface area contributed by atoms with E-state index in [0.29, 0.717) is 6.42 Å². The smallest absolute Gasteiger partial charge is 0.320 e. The van der Waals surface area contributed by atoms with Gasteiger partial charge in [0.2, 0.25) is 0 Å². The lowest BCUT2D eigenvalue weighted by Gasteiger charge is -2.21. The largest absolute Gasteiger partial charge is 0.488 e. The van der Waals surface area contributed by atoms with Gasteiger partial charge in [0.15, 0.2) is 0 Å². The number of benzene rings is 1. The van der Waals surface area contributed by atoms with Crippen molar-refractivity contribution in [1.29, 1.82) is 0 Å². The van der Waals surface area contributed by atoms with Gasteiger partial charge >= 0.3 is 5.97 Å². The SMILES string of the molecule is CC(C)(C)Oc1ccc(CC(N)C(=O)O)cc1. The third-order valence-electron chi connectivity index (χ3n) is 2.12. The highest BCUT2D eigenvalue weighted by Crippen LogP contribution is 2.18. The number of carboxylic acids is 1. The second-order valence-corrected chi connectivity index (χ2v) is 5.01. The fraction of sp³-hybridized carbons (Fsp3) is 0.462. The molecule has 0 radical (unpaired) electrons. The summed E-state index contributed by atoms with van der Waals surface area (Å²) in [7, 11) is 0. The number of aliphatic carboxylic acids is 1. The zero-order chi connectivity index (χ0) is 13.1. The standard InChI is InChI=1S/C13H19NO3/c1-13(2,3)17-10-6-4-9(5-7-10)8-11(14)12(15)16/h4-7,11H,8,14H2,1-3H3,(H,15,16). The summed E-state index contributed by atoms with van der Waals surface area (Å²) in [4.78, 5) is 10.6. The second-order valence-electron chi connectivity index (χ2n) is 5.01. The van der Waals surface area contributed by atoms with Gasteiger partial charge in [-0.2, -0.15) is 0 Å². The summed E-state index contributed by atoms with van der Waals surface area (Å²) < 4.78 is 5.66. The molecule has 3 N–H and O–H groups in total. The molecule has 17 heavy (non-hydrogen) atoms. The van der Waals surface area contributed by atoms with E-state index in [1.165, 1.54) is 0 Å². The van der Waals surface area contributed by atoms with Crippen molar-refractivity contribution in [3.8, 4) is 5.75 Å². The van der Waals surface area contributed by atoms with Crippen molar-refractivity contribution in [1.82, 2.24) is 0 Å². The Kier molecular flexibility index (Phi) is 4.12. The van der Waals surface area contributed by atoms with E-state index in [0.717, 1.165) is 11.3 Å². The molecule has 0 spiro atoms. The lowest BCUT2D eigenvalue weighted by atomic mass is 10.1. The van der Waals surface area contributed by atoms with E-state index < -0.39 is 12.0 Å². The number of carbonyl (C=O) groups is 1. The maximum absolute atomic E-state index is 10.6. The number of ether oxygens (including phenoxy) is 1. The lowest BCUT2D eigenvalue weighted by molar-refractivity contribution is -0.138. The molecule has 1 atom stereocenters. The Bertz CT molecular complexity index is 379. The molecule has 1 unspecified atom stereocenters. The van der Waals surface area contributed by atoms with E-state index in [2.05, 4.69) is 0 Å². The second kappa shape index (κ2) is 5.19. The van der Waals surface area contributed by atoms with Gasteiger partial charge in [0.25, 0.3) is 0 Å². The minimum atomic E-state index is -0.986. The first kappa shape index (κ1) is 13.5. The van der Waals surface area contributed by atoms with E-state index in [1.807, 2.05) is 45.0 Å². The van der Waals surface area contributed by atoms with Gasteiger partial charge in [-0.05, 0) is 44.9 Å². The van der Waals surface area contributed by atoms with Crippen LogP contribution in [0.5, 0.6) is 5.75 Å². The van der Waals surface area contributed by atoms with E-state index in [-0.39, 0.29) is 5.60 Å². The van der Waals surface area contributed by atoms with Crippen LogP contribution in [0.2, 0.25) is 0 Å². The van der Waals surface area contributed by atoms with Gasteiger partial charge in [0, 0.05) is 0 Å². The predicted octanol–water partition coefficient (Wildman–Crippen LogP) is 1.82. The molecule has 0 fully saturated rings. The Morgan fingerprint density at radius 2 is 1.88 bits per heavy atom. The summed E-state index contributed by atoms with van der Waals surface area (Å²) >= 11 is 0. The van der Waals surface area contributed by atoms with Gasteiger partial charge in [0.1, 0.15) is 17.4 Å². The monoisotopic (exact) mass is 237 g/mol. The molecule has 1 aromatic carbocycles. The average Bonchev–Trinajstić information content (AvgIpc) is 2.18. The first-order valence-corrected chi connectivity index (χ1v) is 5.54. The third-order valence-corrected chi connectivity index (χ3v) is 2.12. The summed E-state index contributed by atoms with van der Waals surface area (Å²) in [6.07, 6.45) is 0.325. The van der Waals surface area contributed by atoms with Crippen LogP contribution in [-0.4, -0.2) is 22.7 Å². The van der Waals surface area contributed by atoms with Crippen LogP contribution in [-0.2, 0) is 11.2 Å².